The Morgan fingerprint density at radius 2 is 1.76 bits per heavy atom. The summed E-state index contributed by atoms with van der Waals surface area (Å²) >= 11 is 11.8. The molecule has 1 heterocycles. The number of fused-ring (bicyclic) bond motifs is 2. The molecule has 0 fully saturated rings. The van der Waals surface area contributed by atoms with Crippen LogP contribution in [0.25, 0.3) is 22.2 Å². The lowest BCUT2D eigenvalue weighted by atomic mass is 10.1. The van der Waals surface area contributed by atoms with Crippen molar-refractivity contribution in [3.63, 3.8) is 0 Å². The minimum Gasteiger partial charge on any atom is -0.354 e. The molecule has 1 aliphatic carbocycles. The zero-order valence-electron chi connectivity index (χ0n) is 8.63. The molecule has 0 spiro atoms. The van der Waals surface area contributed by atoms with E-state index in [0.29, 0.717) is 15.6 Å². The molecule has 0 saturated carbocycles. The Bertz CT molecular complexity index is 748. The van der Waals surface area contributed by atoms with E-state index in [1.165, 1.54) is 6.07 Å². The van der Waals surface area contributed by atoms with E-state index in [1.807, 2.05) is 18.2 Å². The predicted molar refractivity (Wildman–Crippen MR) is 71.2 cm³/mol. The van der Waals surface area contributed by atoms with E-state index in [4.69, 9.17) is 23.2 Å². The number of nitrogens with one attached hydrogen (secondary N) is 1. The van der Waals surface area contributed by atoms with Gasteiger partial charge in [-0.05, 0) is 29.7 Å². The minimum absolute atomic E-state index is 0.0828. The maximum atomic E-state index is 11.8. The van der Waals surface area contributed by atoms with Gasteiger partial charge in [0.2, 0.25) is 0 Å². The Morgan fingerprint density at radius 1 is 0.941 bits per heavy atom. The van der Waals surface area contributed by atoms with Crippen LogP contribution in [0.5, 0.6) is 0 Å². The maximum Gasteiger partial charge on any atom is 0.189 e. The quantitative estimate of drug-likeness (QED) is 0.613. The Morgan fingerprint density at radius 3 is 2.59 bits per heavy atom. The third-order valence-electron chi connectivity index (χ3n) is 2.69. The summed E-state index contributed by atoms with van der Waals surface area (Å²) in [7, 11) is 0. The van der Waals surface area contributed by atoms with Gasteiger partial charge in [-0.15, -0.1) is 0 Å². The fourth-order valence-electron chi connectivity index (χ4n) is 1.91. The molecule has 1 aliphatic heterocycles. The largest absolute Gasteiger partial charge is 0.354 e. The van der Waals surface area contributed by atoms with Gasteiger partial charge in [0.05, 0.1) is 5.69 Å². The fraction of sp³-hybridized carbons (Fsp3) is 0. The Labute approximate surface area is 107 Å². The lowest BCUT2D eigenvalue weighted by Crippen LogP contribution is -2.05. The number of H-pyrrole nitrogens is 1. The third-order valence-corrected chi connectivity index (χ3v) is 3.14. The van der Waals surface area contributed by atoms with Crippen LogP contribution < -0.4 is 5.43 Å². The van der Waals surface area contributed by atoms with Gasteiger partial charge >= 0.3 is 0 Å². The summed E-state index contributed by atoms with van der Waals surface area (Å²) in [5.41, 5.74) is 2.15. The third kappa shape index (κ3) is 1.79. The van der Waals surface area contributed by atoms with Crippen molar-refractivity contribution in [2.24, 2.45) is 0 Å². The Balaban J connectivity index is 2.49. The minimum atomic E-state index is -0.0828. The molecule has 0 unspecified atom stereocenters. The second-order valence-corrected chi connectivity index (χ2v) is 4.74. The number of rotatable bonds is 0. The molecule has 1 aromatic rings. The number of halogens is 2. The Hall–Kier alpha value is -1.51. The number of pyridine rings is 1. The molecule has 2 nitrogen and oxygen atoms in total. The summed E-state index contributed by atoms with van der Waals surface area (Å²) < 4.78 is 0. The molecule has 1 aromatic carbocycles. The second kappa shape index (κ2) is 3.76. The first-order valence-corrected chi connectivity index (χ1v) is 5.81. The van der Waals surface area contributed by atoms with Crippen LogP contribution in [0.3, 0.4) is 0 Å². The van der Waals surface area contributed by atoms with Gasteiger partial charge in [-0.2, -0.15) is 0 Å². The number of benzene rings is 2. The second-order valence-electron chi connectivity index (χ2n) is 3.87. The van der Waals surface area contributed by atoms with Crippen molar-refractivity contribution in [3.8, 4) is 11.3 Å². The molecule has 0 saturated heterocycles. The first-order valence-electron chi connectivity index (χ1n) is 5.05. The zero-order chi connectivity index (χ0) is 12.0. The predicted octanol–water partition coefficient (Wildman–Crippen LogP) is 3.94. The van der Waals surface area contributed by atoms with Crippen molar-refractivity contribution < 1.29 is 0 Å². The molecule has 0 bridgehead atoms. The first-order chi connectivity index (χ1) is 8.13. The topological polar surface area (TPSA) is 32.9 Å². The lowest BCUT2D eigenvalue weighted by Gasteiger charge is -2.08. The number of hydrogen-bond donors (Lipinski definition) is 1. The van der Waals surface area contributed by atoms with Gasteiger partial charge in [0, 0.05) is 27.2 Å². The summed E-state index contributed by atoms with van der Waals surface area (Å²) in [5.74, 6) is 0. The average Bonchev–Trinajstić information content (AvgIpc) is 2.26. The van der Waals surface area contributed by atoms with Crippen LogP contribution in [0.4, 0.5) is 0 Å². The summed E-state index contributed by atoms with van der Waals surface area (Å²) in [6, 6.07) is 10.5. The smallest absolute Gasteiger partial charge is 0.189 e. The average molecular weight is 264 g/mol. The van der Waals surface area contributed by atoms with Crippen LogP contribution in [0.1, 0.15) is 0 Å². The molecule has 2 aliphatic rings. The molecule has 0 aromatic heterocycles. The first kappa shape index (κ1) is 10.6. The van der Waals surface area contributed by atoms with Crippen molar-refractivity contribution in [1.82, 2.24) is 4.98 Å². The van der Waals surface area contributed by atoms with E-state index < -0.39 is 0 Å². The standard InChI is InChI=1S/C13H7Cl2NO/c14-8-2-1-7-3-10-12(16-11(7)4-8)5-9(15)6-13(10)17/h1-6,16H. The highest BCUT2D eigenvalue weighted by atomic mass is 35.5. The van der Waals surface area contributed by atoms with Crippen molar-refractivity contribution in [2.45, 2.75) is 0 Å². The fourth-order valence-corrected chi connectivity index (χ4v) is 2.29. The molecule has 1 N–H and O–H groups in total. The van der Waals surface area contributed by atoms with Gasteiger partial charge < -0.3 is 4.98 Å². The summed E-state index contributed by atoms with van der Waals surface area (Å²) in [6.07, 6.45) is 0. The van der Waals surface area contributed by atoms with Gasteiger partial charge in [-0.1, -0.05) is 29.3 Å². The lowest BCUT2D eigenvalue weighted by molar-refractivity contribution is 1.37. The van der Waals surface area contributed by atoms with Gasteiger partial charge in [-0.25, -0.2) is 0 Å². The highest BCUT2D eigenvalue weighted by Crippen LogP contribution is 2.26. The van der Waals surface area contributed by atoms with Crippen LogP contribution in [0, 0.1) is 0 Å². The van der Waals surface area contributed by atoms with Crippen LogP contribution >= 0.6 is 23.2 Å². The molecule has 0 atom stereocenters. The van der Waals surface area contributed by atoms with Crippen molar-refractivity contribution in [2.75, 3.05) is 0 Å². The molecule has 17 heavy (non-hydrogen) atoms. The summed E-state index contributed by atoms with van der Waals surface area (Å²) in [4.78, 5) is 14.9. The van der Waals surface area contributed by atoms with Gasteiger partial charge in [0.1, 0.15) is 0 Å². The van der Waals surface area contributed by atoms with Crippen LogP contribution in [-0.4, -0.2) is 4.98 Å². The molecular weight excluding hydrogens is 257 g/mol. The molecular formula is C13H7Cl2NO. The number of aromatic nitrogens is 1. The van der Waals surface area contributed by atoms with E-state index >= 15 is 0 Å². The molecule has 84 valence electrons. The number of aromatic amines is 1. The van der Waals surface area contributed by atoms with Crippen LogP contribution in [0.2, 0.25) is 10.0 Å². The number of hydrogen-bond acceptors (Lipinski definition) is 1. The van der Waals surface area contributed by atoms with E-state index in [0.717, 1.165) is 16.6 Å². The van der Waals surface area contributed by atoms with E-state index in [-0.39, 0.29) is 5.43 Å². The van der Waals surface area contributed by atoms with Gasteiger partial charge in [-0.3, -0.25) is 4.79 Å². The van der Waals surface area contributed by atoms with E-state index in [2.05, 4.69) is 4.98 Å². The highest BCUT2D eigenvalue weighted by Gasteiger charge is 2.09. The zero-order valence-corrected chi connectivity index (χ0v) is 10.1. The molecule has 0 amide bonds. The monoisotopic (exact) mass is 263 g/mol. The van der Waals surface area contributed by atoms with Gasteiger partial charge in [0.25, 0.3) is 0 Å². The Kier molecular flexibility index (Phi) is 2.35. The van der Waals surface area contributed by atoms with Gasteiger partial charge in [0.15, 0.2) is 5.43 Å². The summed E-state index contributed by atoms with van der Waals surface area (Å²) in [6.45, 7) is 0. The van der Waals surface area contributed by atoms with E-state index in [1.54, 1.807) is 12.1 Å². The van der Waals surface area contributed by atoms with Crippen molar-refractivity contribution >= 4 is 34.1 Å². The molecule has 4 heteroatoms. The highest BCUT2D eigenvalue weighted by molar-refractivity contribution is 6.31. The normalized spacial score (nSPS) is 11.2. The summed E-state index contributed by atoms with van der Waals surface area (Å²) in [5, 5.41) is 2.03. The SMILES string of the molecule is O=c1cc(Cl)cc2[nH]c3cc(Cl)ccc3cc1-2. The van der Waals surface area contributed by atoms with Crippen LogP contribution in [0.15, 0.2) is 41.2 Å². The van der Waals surface area contributed by atoms with Crippen molar-refractivity contribution in [1.29, 1.82) is 0 Å². The van der Waals surface area contributed by atoms with Crippen LogP contribution in [-0.2, 0) is 0 Å². The molecule has 0 radical (unpaired) electrons. The van der Waals surface area contributed by atoms with Crippen molar-refractivity contribution in [3.05, 3.63) is 56.7 Å². The maximum absolute atomic E-state index is 11.8. The van der Waals surface area contributed by atoms with E-state index in [9.17, 15) is 4.79 Å². The molecule has 3 rings (SSSR count).